The summed E-state index contributed by atoms with van der Waals surface area (Å²) in [6.07, 6.45) is 4.22. The summed E-state index contributed by atoms with van der Waals surface area (Å²) in [4.78, 5) is 28.8. The lowest BCUT2D eigenvalue weighted by molar-refractivity contribution is -0.191. The summed E-state index contributed by atoms with van der Waals surface area (Å²) >= 11 is 0. The lowest BCUT2D eigenvalue weighted by atomic mass is 9.89. The highest BCUT2D eigenvalue weighted by atomic mass is 16.6. The van der Waals surface area contributed by atoms with Crippen molar-refractivity contribution in [3.05, 3.63) is 95.2 Å². The Balaban J connectivity index is 0.00000102. The highest BCUT2D eigenvalue weighted by Crippen LogP contribution is 2.34. The molecule has 7 heteroatoms. The second-order valence-corrected chi connectivity index (χ2v) is 8.91. The fourth-order valence-electron chi connectivity index (χ4n) is 4.53. The van der Waals surface area contributed by atoms with Crippen LogP contribution in [0.3, 0.4) is 0 Å². The third-order valence-corrected chi connectivity index (χ3v) is 6.47. The molecule has 1 amide bonds. The number of ether oxygens (including phenoxy) is 1. The van der Waals surface area contributed by atoms with Gasteiger partial charge in [-0.15, -0.1) is 0 Å². The first kappa shape index (κ1) is 25.6. The predicted molar refractivity (Wildman–Crippen MR) is 139 cm³/mol. The Labute approximate surface area is 215 Å². The Morgan fingerprint density at radius 1 is 0.919 bits per heavy atom. The number of fused-ring (bicyclic) bond motifs is 1. The summed E-state index contributed by atoms with van der Waals surface area (Å²) in [6, 6.07) is 24.6. The quantitative estimate of drug-likeness (QED) is 0.322. The number of carbonyl (C=O) groups excluding carboxylic acids is 3. The zero-order valence-corrected chi connectivity index (χ0v) is 20.8. The van der Waals surface area contributed by atoms with Gasteiger partial charge in [-0.1, -0.05) is 78.0 Å². The van der Waals surface area contributed by atoms with Gasteiger partial charge in [0.05, 0.1) is 0 Å². The van der Waals surface area contributed by atoms with Gasteiger partial charge in [0, 0.05) is 5.56 Å². The van der Waals surface area contributed by atoms with Gasteiger partial charge in [-0.05, 0) is 67.3 Å². The number of nitrogens with zero attached hydrogens (tertiary/aromatic N) is 1. The van der Waals surface area contributed by atoms with E-state index in [1.807, 2.05) is 49.4 Å². The minimum atomic E-state index is -0.547. The minimum Gasteiger partial charge on any atom is -0.441 e. The number of hydrogen-bond acceptors (Lipinski definition) is 6. The maximum absolute atomic E-state index is 12.6. The van der Waals surface area contributed by atoms with E-state index in [1.54, 1.807) is 6.92 Å². The summed E-state index contributed by atoms with van der Waals surface area (Å²) in [5, 5.41) is 6.89. The van der Waals surface area contributed by atoms with Crippen molar-refractivity contribution in [3.63, 3.8) is 0 Å². The molecule has 1 aliphatic rings. The van der Waals surface area contributed by atoms with Crippen LogP contribution in [0.2, 0.25) is 0 Å². The Hall–Kier alpha value is -4.48. The lowest BCUT2D eigenvalue weighted by Crippen LogP contribution is -2.16. The van der Waals surface area contributed by atoms with Crippen molar-refractivity contribution in [3.8, 4) is 22.5 Å². The number of carbonyl (C=O) groups is 1. The number of aryl methyl sites for hydroxylation is 3. The standard InChI is InChI=1S/C29H28N2O3.CO2/c1-19-27(30-29(32)33-20(2)21-8-4-3-5-9-21)28(34-31-19)24-15-12-23(13-16-24)26-17-14-22-10-6-7-11-25(22)18-26;2-1-3/h3-5,8-9,12-18,20H,6-7,10-11H2,1-2H3,(H,30,32);. The number of nitrogens with one attached hydrogen (secondary N) is 1. The molecule has 1 aromatic heterocycles. The highest BCUT2D eigenvalue weighted by Gasteiger charge is 2.20. The molecule has 3 aromatic carbocycles. The summed E-state index contributed by atoms with van der Waals surface area (Å²) in [5.41, 5.74) is 8.20. The summed E-state index contributed by atoms with van der Waals surface area (Å²) in [5.74, 6) is 0.513. The number of anilines is 1. The first-order valence-corrected chi connectivity index (χ1v) is 12.2. The molecule has 7 nitrogen and oxygen atoms in total. The van der Waals surface area contributed by atoms with Gasteiger partial charge in [0.25, 0.3) is 0 Å². The van der Waals surface area contributed by atoms with Crippen LogP contribution in [-0.2, 0) is 27.2 Å². The van der Waals surface area contributed by atoms with E-state index in [0.29, 0.717) is 17.1 Å². The van der Waals surface area contributed by atoms with Crippen LogP contribution < -0.4 is 5.32 Å². The summed E-state index contributed by atoms with van der Waals surface area (Å²) in [7, 11) is 0. The molecule has 1 aliphatic carbocycles. The van der Waals surface area contributed by atoms with Crippen LogP contribution in [0.25, 0.3) is 22.5 Å². The normalized spacial score (nSPS) is 12.8. The maximum Gasteiger partial charge on any atom is 0.412 e. The molecule has 0 bridgehead atoms. The third-order valence-electron chi connectivity index (χ3n) is 6.47. The third kappa shape index (κ3) is 6.21. The van der Waals surface area contributed by atoms with Crippen molar-refractivity contribution >= 4 is 17.9 Å². The molecule has 0 aliphatic heterocycles. The molecule has 37 heavy (non-hydrogen) atoms. The van der Waals surface area contributed by atoms with E-state index in [0.717, 1.165) is 23.1 Å². The summed E-state index contributed by atoms with van der Waals surface area (Å²) < 4.78 is 11.1. The second kappa shape index (κ2) is 12.0. The van der Waals surface area contributed by atoms with E-state index < -0.39 is 6.09 Å². The molecule has 4 aromatic rings. The van der Waals surface area contributed by atoms with E-state index in [2.05, 4.69) is 40.8 Å². The number of aromatic nitrogens is 1. The van der Waals surface area contributed by atoms with E-state index >= 15 is 0 Å². The van der Waals surface area contributed by atoms with Crippen molar-refractivity contribution in [2.75, 3.05) is 5.32 Å². The lowest BCUT2D eigenvalue weighted by Gasteiger charge is -2.16. The molecule has 1 atom stereocenters. The van der Waals surface area contributed by atoms with Gasteiger partial charge in [-0.25, -0.2) is 4.79 Å². The van der Waals surface area contributed by atoms with E-state index in [-0.39, 0.29) is 12.3 Å². The van der Waals surface area contributed by atoms with Crippen LogP contribution in [0.4, 0.5) is 10.5 Å². The zero-order chi connectivity index (χ0) is 26.2. The zero-order valence-electron chi connectivity index (χ0n) is 20.8. The molecule has 0 fully saturated rings. The smallest absolute Gasteiger partial charge is 0.412 e. The molecule has 188 valence electrons. The largest absolute Gasteiger partial charge is 0.441 e. The van der Waals surface area contributed by atoms with Crippen LogP contribution in [0.5, 0.6) is 0 Å². The Morgan fingerprint density at radius 2 is 1.54 bits per heavy atom. The molecular formula is C30H28N2O5. The molecule has 0 radical (unpaired) electrons. The van der Waals surface area contributed by atoms with Crippen LogP contribution in [0.15, 0.2) is 77.3 Å². The van der Waals surface area contributed by atoms with E-state index in [9.17, 15) is 4.79 Å². The van der Waals surface area contributed by atoms with Gasteiger partial charge < -0.3 is 9.26 Å². The van der Waals surface area contributed by atoms with Gasteiger partial charge in [-0.3, -0.25) is 5.32 Å². The van der Waals surface area contributed by atoms with Gasteiger partial charge in [-0.2, -0.15) is 9.59 Å². The molecular weight excluding hydrogens is 468 g/mol. The average Bonchev–Trinajstić information content (AvgIpc) is 3.29. The van der Waals surface area contributed by atoms with E-state index in [1.165, 1.54) is 36.0 Å². The molecule has 0 saturated carbocycles. The van der Waals surface area contributed by atoms with Crippen molar-refractivity contribution < 1.29 is 23.6 Å². The molecule has 1 unspecified atom stereocenters. The Morgan fingerprint density at radius 3 is 2.24 bits per heavy atom. The fourth-order valence-corrected chi connectivity index (χ4v) is 4.53. The van der Waals surface area contributed by atoms with Crippen molar-refractivity contribution in [1.82, 2.24) is 5.16 Å². The fraction of sp³-hybridized carbons (Fsp3) is 0.233. The number of amides is 1. The molecule has 1 heterocycles. The van der Waals surface area contributed by atoms with Gasteiger partial charge in [0.15, 0.2) is 5.76 Å². The monoisotopic (exact) mass is 496 g/mol. The van der Waals surface area contributed by atoms with Gasteiger partial charge in [0.1, 0.15) is 17.5 Å². The van der Waals surface area contributed by atoms with Crippen LogP contribution >= 0.6 is 0 Å². The first-order chi connectivity index (χ1) is 18.0. The maximum atomic E-state index is 12.6. The topological polar surface area (TPSA) is 98.5 Å². The molecule has 0 spiro atoms. The van der Waals surface area contributed by atoms with Gasteiger partial charge in [0.2, 0.25) is 0 Å². The van der Waals surface area contributed by atoms with Crippen molar-refractivity contribution in [2.45, 2.75) is 45.6 Å². The van der Waals surface area contributed by atoms with E-state index in [4.69, 9.17) is 18.8 Å². The number of benzene rings is 3. The minimum absolute atomic E-state index is 0.250. The predicted octanol–water partition coefficient (Wildman–Crippen LogP) is 6.92. The van der Waals surface area contributed by atoms with Crippen molar-refractivity contribution in [1.29, 1.82) is 0 Å². The molecule has 5 rings (SSSR count). The highest BCUT2D eigenvalue weighted by molar-refractivity contribution is 5.91. The molecule has 0 saturated heterocycles. The molecule has 1 N–H and O–H groups in total. The summed E-state index contributed by atoms with van der Waals surface area (Å²) in [6.45, 7) is 3.64. The Kier molecular flexibility index (Phi) is 8.29. The van der Waals surface area contributed by atoms with Gasteiger partial charge >= 0.3 is 12.2 Å². The average molecular weight is 497 g/mol. The Bertz CT molecular complexity index is 1390. The first-order valence-electron chi connectivity index (χ1n) is 12.2. The van der Waals surface area contributed by atoms with Crippen molar-refractivity contribution in [2.24, 2.45) is 0 Å². The SMILES string of the molecule is Cc1noc(-c2ccc(-c3ccc4c(c3)CCCC4)cc2)c1NC(=O)OC(C)c1ccccc1.O=C=O. The van der Waals surface area contributed by atoms with Crippen LogP contribution in [-0.4, -0.2) is 17.4 Å². The second-order valence-electron chi connectivity index (χ2n) is 8.91. The van der Waals surface area contributed by atoms with Crippen LogP contribution in [0, 0.1) is 6.92 Å². The number of hydrogen-bond donors (Lipinski definition) is 1. The van der Waals surface area contributed by atoms with Crippen LogP contribution in [0.1, 0.15) is 48.3 Å². The number of rotatable bonds is 5.